The van der Waals surface area contributed by atoms with Gasteiger partial charge in [0.15, 0.2) is 5.58 Å². The predicted molar refractivity (Wildman–Crippen MR) is 149 cm³/mol. The molecule has 5 rings (SSSR count). The third kappa shape index (κ3) is 5.42. The van der Waals surface area contributed by atoms with Crippen molar-refractivity contribution in [3.63, 3.8) is 0 Å². The Bertz CT molecular complexity index is 1840. The lowest BCUT2D eigenvalue weighted by Crippen LogP contribution is -2.13. The van der Waals surface area contributed by atoms with E-state index in [0.717, 1.165) is 0 Å². The Morgan fingerprint density at radius 3 is 1.73 bits per heavy atom. The molecule has 0 aliphatic rings. The van der Waals surface area contributed by atoms with E-state index in [-0.39, 0.29) is 9.79 Å². The minimum Gasteiger partial charge on any atom is -0.436 e. The van der Waals surface area contributed by atoms with Crippen LogP contribution in [0.5, 0.6) is 0 Å². The van der Waals surface area contributed by atoms with Gasteiger partial charge in [-0.25, -0.2) is 21.8 Å². The Morgan fingerprint density at radius 1 is 0.649 bits per heavy atom. The van der Waals surface area contributed by atoms with E-state index in [4.69, 9.17) is 4.42 Å². The third-order valence-electron chi connectivity index (χ3n) is 5.28. The molecule has 188 valence electrons. The zero-order valence-corrected chi connectivity index (χ0v) is 23.5. The van der Waals surface area contributed by atoms with Crippen LogP contribution in [0.25, 0.3) is 22.6 Å². The second-order valence-corrected chi connectivity index (χ2v) is 12.9. The van der Waals surface area contributed by atoms with Crippen LogP contribution >= 0.6 is 31.9 Å². The molecule has 0 fully saturated rings. The number of hydrogen-bond donors (Lipinski definition) is 2. The van der Waals surface area contributed by atoms with Gasteiger partial charge in [0.05, 0.1) is 5.69 Å². The number of aromatic nitrogens is 1. The van der Waals surface area contributed by atoms with Crippen LogP contribution in [-0.4, -0.2) is 21.8 Å². The summed E-state index contributed by atoms with van der Waals surface area (Å²) in [5.74, 6) is 0.307. The molecule has 0 spiro atoms. The average Bonchev–Trinajstić information content (AvgIpc) is 3.28. The van der Waals surface area contributed by atoms with E-state index < -0.39 is 20.0 Å². The van der Waals surface area contributed by atoms with Crippen LogP contribution in [0.3, 0.4) is 0 Å². The average molecular weight is 663 g/mol. The third-order valence-corrected chi connectivity index (χ3v) is 10.1. The van der Waals surface area contributed by atoms with Gasteiger partial charge >= 0.3 is 0 Å². The topological polar surface area (TPSA) is 118 Å². The quantitative estimate of drug-likeness (QED) is 0.202. The molecule has 0 amide bonds. The van der Waals surface area contributed by atoms with Gasteiger partial charge in [0, 0.05) is 20.2 Å². The molecule has 2 N–H and O–H groups in total. The number of nitrogens with zero attached hydrogens (tertiary/aromatic N) is 1. The summed E-state index contributed by atoms with van der Waals surface area (Å²) in [6.45, 7) is 0. The zero-order chi connectivity index (χ0) is 26.2. The number of anilines is 2. The fourth-order valence-corrected chi connectivity index (χ4v) is 7.66. The first-order chi connectivity index (χ1) is 17.6. The summed E-state index contributed by atoms with van der Waals surface area (Å²) in [7, 11) is -7.59. The van der Waals surface area contributed by atoms with Gasteiger partial charge in [0.1, 0.15) is 15.3 Å². The normalized spacial score (nSPS) is 11.9. The second-order valence-electron chi connectivity index (χ2n) is 7.85. The van der Waals surface area contributed by atoms with Crippen LogP contribution in [0, 0.1) is 0 Å². The summed E-state index contributed by atoms with van der Waals surface area (Å²) >= 11 is 6.52. The molecule has 37 heavy (non-hydrogen) atoms. The number of halogens is 2. The Labute approximate surface area is 230 Å². The van der Waals surface area contributed by atoms with Crippen molar-refractivity contribution in [1.82, 2.24) is 4.98 Å². The smallest absolute Gasteiger partial charge is 0.263 e. The lowest BCUT2D eigenvalue weighted by Gasteiger charge is -2.09. The zero-order valence-electron chi connectivity index (χ0n) is 18.7. The number of nitrogens with one attached hydrogen (secondary N) is 2. The van der Waals surface area contributed by atoms with Crippen molar-refractivity contribution < 1.29 is 21.3 Å². The summed E-state index contributed by atoms with van der Waals surface area (Å²) in [6, 6.07) is 24.4. The fraction of sp³-hybridized carbons (Fsp3) is 0. The lowest BCUT2D eigenvalue weighted by molar-refractivity contribution is 0.599. The van der Waals surface area contributed by atoms with Gasteiger partial charge in [-0.3, -0.25) is 9.44 Å². The molecule has 0 saturated carbocycles. The van der Waals surface area contributed by atoms with Crippen molar-refractivity contribution >= 4 is 74.4 Å². The molecular weight excluding hydrogens is 646 g/mol. The predicted octanol–water partition coefficient (Wildman–Crippen LogP) is 6.62. The molecule has 5 aromatic rings. The maximum atomic E-state index is 12.8. The highest BCUT2D eigenvalue weighted by Crippen LogP contribution is 2.30. The van der Waals surface area contributed by atoms with Crippen molar-refractivity contribution in [2.24, 2.45) is 0 Å². The van der Waals surface area contributed by atoms with E-state index >= 15 is 0 Å². The summed E-state index contributed by atoms with van der Waals surface area (Å²) < 4.78 is 62.8. The molecule has 0 radical (unpaired) electrons. The summed E-state index contributed by atoms with van der Waals surface area (Å²) in [5, 5.41) is 0. The summed E-state index contributed by atoms with van der Waals surface area (Å²) in [5.41, 5.74) is 2.26. The Morgan fingerprint density at radius 2 is 1.16 bits per heavy atom. The monoisotopic (exact) mass is 661 g/mol. The Balaban J connectivity index is 1.37. The molecular formula is C25H17Br2N3O5S2. The minimum atomic E-state index is -3.81. The Kier molecular flexibility index (Phi) is 6.84. The Hall–Kier alpha value is -3.19. The van der Waals surface area contributed by atoms with Crippen molar-refractivity contribution in [2.45, 2.75) is 9.79 Å². The molecule has 0 aliphatic carbocycles. The first-order valence-corrected chi connectivity index (χ1v) is 15.2. The highest BCUT2D eigenvalue weighted by Gasteiger charge is 2.19. The lowest BCUT2D eigenvalue weighted by atomic mass is 10.2. The van der Waals surface area contributed by atoms with E-state index in [0.29, 0.717) is 42.9 Å². The standard InChI is InChI=1S/C25H17Br2N3O5S2/c26-19-5-1-3-7-23(19)36(31,32)29-17-11-9-16(10-12-17)25-28-21-15-18(13-14-22(21)35-25)30-37(33,34)24-8-4-2-6-20(24)27/h1-15,29-30H. The molecule has 0 saturated heterocycles. The van der Waals surface area contributed by atoms with E-state index in [1.165, 1.54) is 12.1 Å². The van der Waals surface area contributed by atoms with Gasteiger partial charge in [-0.15, -0.1) is 0 Å². The number of hydrogen-bond acceptors (Lipinski definition) is 6. The van der Waals surface area contributed by atoms with E-state index in [2.05, 4.69) is 46.3 Å². The number of oxazole rings is 1. The first kappa shape index (κ1) is 25.5. The number of fused-ring (bicyclic) bond motifs is 1. The molecule has 0 unspecified atom stereocenters. The molecule has 4 aromatic carbocycles. The van der Waals surface area contributed by atoms with E-state index in [9.17, 15) is 16.8 Å². The molecule has 1 aromatic heterocycles. The van der Waals surface area contributed by atoms with Gasteiger partial charge in [0.2, 0.25) is 5.89 Å². The van der Waals surface area contributed by atoms with Crippen molar-refractivity contribution in [1.29, 1.82) is 0 Å². The molecule has 0 atom stereocenters. The van der Waals surface area contributed by atoms with Crippen LogP contribution < -0.4 is 9.44 Å². The van der Waals surface area contributed by atoms with Gasteiger partial charge in [-0.1, -0.05) is 24.3 Å². The highest BCUT2D eigenvalue weighted by molar-refractivity contribution is 9.10. The molecule has 0 aliphatic heterocycles. The number of rotatable bonds is 7. The van der Waals surface area contributed by atoms with Crippen LogP contribution in [0.15, 0.2) is 114 Å². The number of benzene rings is 4. The van der Waals surface area contributed by atoms with Gasteiger partial charge in [-0.2, -0.15) is 0 Å². The van der Waals surface area contributed by atoms with Crippen LogP contribution in [0.2, 0.25) is 0 Å². The summed E-state index contributed by atoms with van der Waals surface area (Å²) in [6.07, 6.45) is 0. The van der Waals surface area contributed by atoms with Crippen molar-refractivity contribution in [2.75, 3.05) is 9.44 Å². The molecule has 0 bridgehead atoms. The van der Waals surface area contributed by atoms with Crippen molar-refractivity contribution in [3.05, 3.63) is 99.9 Å². The SMILES string of the molecule is O=S(=O)(Nc1ccc(-c2nc3cc(NS(=O)(=O)c4ccccc4Br)ccc3o2)cc1)c1ccccc1Br. The molecule has 12 heteroatoms. The molecule has 1 heterocycles. The fourth-order valence-electron chi connectivity index (χ4n) is 3.54. The van der Waals surface area contributed by atoms with Crippen molar-refractivity contribution in [3.8, 4) is 11.5 Å². The van der Waals surface area contributed by atoms with E-state index in [1.807, 2.05) is 0 Å². The highest BCUT2D eigenvalue weighted by atomic mass is 79.9. The van der Waals surface area contributed by atoms with Gasteiger partial charge in [-0.05, 0) is 98.6 Å². The maximum absolute atomic E-state index is 12.8. The van der Waals surface area contributed by atoms with Crippen LogP contribution in [0.4, 0.5) is 11.4 Å². The number of sulfonamides is 2. The van der Waals surface area contributed by atoms with Crippen LogP contribution in [0.1, 0.15) is 0 Å². The van der Waals surface area contributed by atoms with Gasteiger partial charge in [0.25, 0.3) is 20.0 Å². The maximum Gasteiger partial charge on any atom is 0.263 e. The second kappa shape index (κ2) is 9.93. The van der Waals surface area contributed by atoms with Crippen LogP contribution in [-0.2, 0) is 20.0 Å². The summed E-state index contributed by atoms with van der Waals surface area (Å²) in [4.78, 5) is 4.72. The first-order valence-electron chi connectivity index (χ1n) is 10.7. The minimum absolute atomic E-state index is 0.117. The van der Waals surface area contributed by atoms with Gasteiger partial charge < -0.3 is 4.42 Å². The largest absolute Gasteiger partial charge is 0.436 e. The van der Waals surface area contributed by atoms with E-state index in [1.54, 1.807) is 78.9 Å². The molecule has 8 nitrogen and oxygen atoms in total.